The van der Waals surface area contributed by atoms with Crippen molar-refractivity contribution in [3.05, 3.63) is 17.9 Å². The summed E-state index contributed by atoms with van der Waals surface area (Å²) in [4.78, 5) is 11.9. The maximum Gasteiger partial charge on any atom is 0.342 e. The summed E-state index contributed by atoms with van der Waals surface area (Å²) in [6.07, 6.45) is 5.42. The van der Waals surface area contributed by atoms with E-state index in [0.29, 0.717) is 23.8 Å². The van der Waals surface area contributed by atoms with Gasteiger partial charge in [-0.2, -0.15) is 0 Å². The predicted octanol–water partition coefficient (Wildman–Crippen LogP) is 2.34. The lowest BCUT2D eigenvalue weighted by Crippen LogP contribution is -2.60. The highest BCUT2D eigenvalue weighted by Crippen LogP contribution is 2.58. The van der Waals surface area contributed by atoms with Gasteiger partial charge < -0.3 is 9.84 Å². The van der Waals surface area contributed by atoms with Crippen LogP contribution in [0.3, 0.4) is 0 Å². The fraction of sp³-hybridized carbons (Fsp3) is 0.733. The van der Waals surface area contributed by atoms with Gasteiger partial charge in [-0.3, -0.25) is 0 Å². The Hall–Kier alpha value is -1.05. The molecule has 0 amide bonds. The molecule has 0 heterocycles. The van der Waals surface area contributed by atoms with Crippen LogP contribution in [0.15, 0.2) is 17.9 Å². The molecule has 18 heavy (non-hydrogen) atoms. The van der Waals surface area contributed by atoms with Crippen molar-refractivity contribution >= 4 is 5.97 Å². The van der Waals surface area contributed by atoms with E-state index in [1.807, 2.05) is 0 Å². The van der Waals surface area contributed by atoms with Gasteiger partial charge in [-0.15, -0.1) is 5.73 Å². The summed E-state index contributed by atoms with van der Waals surface area (Å²) in [5.74, 6) is 0.727. The second kappa shape index (κ2) is 3.72. The van der Waals surface area contributed by atoms with Gasteiger partial charge in [0.05, 0.1) is 11.2 Å². The molecule has 0 aliphatic heterocycles. The summed E-state index contributed by atoms with van der Waals surface area (Å²) >= 11 is 0. The van der Waals surface area contributed by atoms with Crippen LogP contribution in [0.1, 0.15) is 45.4 Å². The first-order valence-corrected chi connectivity index (χ1v) is 6.76. The number of ether oxygens (including phenoxy) is 1. The highest BCUT2D eigenvalue weighted by Gasteiger charge is 2.59. The Bertz CT molecular complexity index is 431. The molecule has 3 nitrogen and oxygen atoms in total. The predicted molar refractivity (Wildman–Crippen MR) is 66.8 cm³/mol. The van der Waals surface area contributed by atoms with E-state index in [-0.39, 0.29) is 5.97 Å². The number of rotatable bonds is 2. The number of carbonyl (C=O) groups is 1. The number of hydrogen-bond donors (Lipinski definition) is 1. The summed E-state index contributed by atoms with van der Waals surface area (Å²) in [7, 11) is 0. The topological polar surface area (TPSA) is 46.5 Å². The number of hydrogen-bond acceptors (Lipinski definition) is 3. The zero-order chi connectivity index (χ0) is 13.0. The van der Waals surface area contributed by atoms with Crippen LogP contribution in [-0.2, 0) is 9.53 Å². The van der Waals surface area contributed by atoms with Crippen molar-refractivity contribution in [2.45, 2.75) is 56.7 Å². The van der Waals surface area contributed by atoms with Gasteiger partial charge in [0.25, 0.3) is 0 Å². The summed E-state index contributed by atoms with van der Waals surface area (Å²) in [6.45, 7) is 5.15. The normalized spacial score (nSPS) is 44.6. The average molecular weight is 248 g/mol. The minimum Gasteiger partial charge on any atom is -0.455 e. The van der Waals surface area contributed by atoms with Crippen LogP contribution in [0.25, 0.3) is 0 Å². The molecule has 0 spiro atoms. The lowest BCUT2D eigenvalue weighted by Gasteiger charge is -2.59. The highest BCUT2D eigenvalue weighted by molar-refractivity contribution is 5.87. The Kier molecular flexibility index (Phi) is 2.48. The summed E-state index contributed by atoms with van der Waals surface area (Å²) < 4.78 is 5.73. The second-order valence-corrected chi connectivity index (χ2v) is 6.56. The van der Waals surface area contributed by atoms with Gasteiger partial charge in [0.15, 0.2) is 0 Å². The highest BCUT2D eigenvalue weighted by atomic mass is 16.6. The van der Waals surface area contributed by atoms with Crippen molar-refractivity contribution in [2.75, 3.05) is 0 Å². The standard InChI is InChI=1S/C15H20O3/c1-3-10(2)13(16)18-15-7-11-4-12(8-15)6-14(17,5-11)9-15/h11-12,17H,1,4-9H2,2H3. The molecule has 4 rings (SSSR count). The maximum absolute atomic E-state index is 11.9. The van der Waals surface area contributed by atoms with Crippen molar-refractivity contribution in [1.29, 1.82) is 0 Å². The van der Waals surface area contributed by atoms with Gasteiger partial charge in [0, 0.05) is 6.42 Å². The SMILES string of the molecule is C=C=C(C)C(=O)OC12CC3CC(CC(O)(C3)C1)C2. The molecule has 0 aromatic heterocycles. The number of aliphatic hydroxyl groups is 1. The van der Waals surface area contributed by atoms with Crippen LogP contribution >= 0.6 is 0 Å². The molecule has 0 saturated heterocycles. The van der Waals surface area contributed by atoms with Crippen LogP contribution in [0.2, 0.25) is 0 Å². The van der Waals surface area contributed by atoms with Crippen molar-refractivity contribution < 1.29 is 14.6 Å². The first-order chi connectivity index (χ1) is 8.44. The van der Waals surface area contributed by atoms with E-state index in [9.17, 15) is 9.90 Å². The first-order valence-electron chi connectivity index (χ1n) is 6.76. The Morgan fingerprint density at radius 3 is 2.44 bits per heavy atom. The van der Waals surface area contributed by atoms with Crippen molar-refractivity contribution in [3.63, 3.8) is 0 Å². The van der Waals surface area contributed by atoms with Crippen LogP contribution < -0.4 is 0 Å². The molecule has 4 aliphatic carbocycles. The van der Waals surface area contributed by atoms with Gasteiger partial charge in [-0.1, -0.05) is 6.58 Å². The molecular weight excluding hydrogens is 228 g/mol. The third kappa shape index (κ3) is 1.82. The first kappa shape index (κ1) is 12.0. The van der Waals surface area contributed by atoms with Crippen LogP contribution in [0, 0.1) is 11.8 Å². The van der Waals surface area contributed by atoms with E-state index >= 15 is 0 Å². The van der Waals surface area contributed by atoms with E-state index in [4.69, 9.17) is 4.74 Å². The molecule has 2 atom stereocenters. The molecule has 4 fully saturated rings. The van der Waals surface area contributed by atoms with Gasteiger partial charge in [-0.25, -0.2) is 4.79 Å². The molecule has 98 valence electrons. The fourth-order valence-corrected chi connectivity index (χ4v) is 4.60. The fourth-order valence-electron chi connectivity index (χ4n) is 4.60. The van der Waals surface area contributed by atoms with Crippen LogP contribution in [0.4, 0.5) is 0 Å². The molecule has 0 radical (unpaired) electrons. The van der Waals surface area contributed by atoms with Gasteiger partial charge in [-0.05, 0) is 50.9 Å². The minimum atomic E-state index is -0.587. The van der Waals surface area contributed by atoms with Crippen molar-refractivity contribution in [2.24, 2.45) is 11.8 Å². The zero-order valence-corrected chi connectivity index (χ0v) is 10.9. The summed E-state index contributed by atoms with van der Waals surface area (Å²) in [5.41, 5.74) is 2.01. The van der Waals surface area contributed by atoms with Crippen LogP contribution in [0.5, 0.6) is 0 Å². The Labute approximate surface area is 108 Å². The van der Waals surface area contributed by atoms with E-state index in [1.54, 1.807) is 6.92 Å². The molecule has 4 saturated carbocycles. The molecular formula is C15H20O3. The third-order valence-electron chi connectivity index (χ3n) is 4.86. The molecule has 4 bridgehead atoms. The molecule has 3 heteroatoms. The largest absolute Gasteiger partial charge is 0.455 e. The maximum atomic E-state index is 11.9. The summed E-state index contributed by atoms with van der Waals surface area (Å²) in [5, 5.41) is 10.6. The molecule has 2 unspecified atom stereocenters. The lowest BCUT2D eigenvalue weighted by molar-refractivity contribution is -0.217. The molecule has 0 aromatic rings. The van der Waals surface area contributed by atoms with Crippen molar-refractivity contribution in [1.82, 2.24) is 0 Å². The zero-order valence-electron chi connectivity index (χ0n) is 10.9. The molecule has 1 N–H and O–H groups in total. The third-order valence-corrected chi connectivity index (χ3v) is 4.86. The quantitative estimate of drug-likeness (QED) is 0.463. The number of esters is 1. The smallest absolute Gasteiger partial charge is 0.342 e. The van der Waals surface area contributed by atoms with E-state index < -0.39 is 11.2 Å². The van der Waals surface area contributed by atoms with Gasteiger partial charge in [0.1, 0.15) is 5.60 Å². The minimum absolute atomic E-state index is 0.324. The van der Waals surface area contributed by atoms with E-state index in [2.05, 4.69) is 12.3 Å². The van der Waals surface area contributed by atoms with Gasteiger partial charge >= 0.3 is 5.97 Å². The Balaban J connectivity index is 1.83. The second-order valence-electron chi connectivity index (χ2n) is 6.56. The number of carbonyl (C=O) groups excluding carboxylic acids is 1. The van der Waals surface area contributed by atoms with Crippen molar-refractivity contribution in [3.8, 4) is 0 Å². The van der Waals surface area contributed by atoms with Crippen LogP contribution in [-0.4, -0.2) is 22.3 Å². The van der Waals surface area contributed by atoms with E-state index in [0.717, 1.165) is 25.7 Å². The van der Waals surface area contributed by atoms with Gasteiger partial charge in [0.2, 0.25) is 0 Å². The summed E-state index contributed by atoms with van der Waals surface area (Å²) in [6, 6.07) is 0. The molecule has 4 aliphatic rings. The average Bonchev–Trinajstić information content (AvgIpc) is 2.23. The lowest BCUT2D eigenvalue weighted by atomic mass is 9.52. The molecule has 0 aromatic carbocycles. The Morgan fingerprint density at radius 2 is 1.94 bits per heavy atom. The Morgan fingerprint density at radius 1 is 1.33 bits per heavy atom. The monoisotopic (exact) mass is 248 g/mol. The van der Waals surface area contributed by atoms with E-state index in [1.165, 1.54) is 6.42 Å².